The summed E-state index contributed by atoms with van der Waals surface area (Å²) in [5.41, 5.74) is 7.59. The van der Waals surface area contributed by atoms with E-state index in [9.17, 15) is 9.59 Å². The summed E-state index contributed by atoms with van der Waals surface area (Å²) >= 11 is 0. The molecule has 116 valence electrons. The maximum absolute atomic E-state index is 12.4. The lowest BCUT2D eigenvalue weighted by atomic mass is 10.2. The van der Waals surface area contributed by atoms with Gasteiger partial charge in [0.2, 0.25) is 0 Å². The molecular weight excluding hydrogens is 284 g/mol. The molecular formula is C15H18N4O3. The van der Waals surface area contributed by atoms with Gasteiger partial charge >= 0.3 is 0 Å². The lowest BCUT2D eigenvalue weighted by molar-refractivity contribution is -0.119. The molecule has 2 amide bonds. The van der Waals surface area contributed by atoms with E-state index >= 15 is 0 Å². The van der Waals surface area contributed by atoms with Crippen LogP contribution >= 0.6 is 0 Å². The third kappa shape index (κ3) is 3.43. The van der Waals surface area contributed by atoms with Gasteiger partial charge in [0.1, 0.15) is 5.75 Å². The highest BCUT2D eigenvalue weighted by molar-refractivity contribution is 6.05. The number of primary amides is 1. The largest absolute Gasteiger partial charge is 0.484 e. The SMILES string of the molecule is Cc1nn(C)c(C)c1C(=O)Nc1cccc(OCC(N)=O)c1. The molecule has 0 radical (unpaired) electrons. The normalized spacial score (nSPS) is 10.3. The van der Waals surface area contributed by atoms with Crippen molar-refractivity contribution in [1.82, 2.24) is 9.78 Å². The number of ether oxygens (including phenoxy) is 1. The zero-order chi connectivity index (χ0) is 16.3. The summed E-state index contributed by atoms with van der Waals surface area (Å²) in [4.78, 5) is 23.1. The molecule has 0 bridgehead atoms. The standard InChI is InChI=1S/C15H18N4O3/c1-9-14(10(2)19(3)18-9)15(21)17-11-5-4-6-12(7-11)22-8-13(16)20/h4-7H,8H2,1-3H3,(H2,16,20)(H,17,21). The Morgan fingerprint density at radius 3 is 2.68 bits per heavy atom. The molecule has 0 aliphatic rings. The van der Waals surface area contributed by atoms with Crippen LogP contribution in [-0.4, -0.2) is 28.2 Å². The summed E-state index contributed by atoms with van der Waals surface area (Å²) in [5.74, 6) is -0.345. The molecule has 7 nitrogen and oxygen atoms in total. The lowest BCUT2D eigenvalue weighted by Gasteiger charge is -2.08. The van der Waals surface area contributed by atoms with Gasteiger partial charge < -0.3 is 15.8 Å². The Kier molecular flexibility index (Phi) is 4.45. The predicted molar refractivity (Wildman–Crippen MR) is 81.8 cm³/mol. The molecule has 7 heteroatoms. The van der Waals surface area contributed by atoms with Crippen molar-refractivity contribution in [2.24, 2.45) is 12.8 Å². The van der Waals surface area contributed by atoms with Gasteiger partial charge in [-0.3, -0.25) is 14.3 Å². The van der Waals surface area contributed by atoms with Crippen molar-refractivity contribution in [2.45, 2.75) is 13.8 Å². The highest BCUT2D eigenvalue weighted by atomic mass is 16.5. The van der Waals surface area contributed by atoms with Crippen LogP contribution in [0.1, 0.15) is 21.7 Å². The number of hydrogen-bond acceptors (Lipinski definition) is 4. The molecule has 0 unspecified atom stereocenters. The van der Waals surface area contributed by atoms with E-state index in [1.54, 1.807) is 42.9 Å². The first-order valence-electron chi connectivity index (χ1n) is 6.71. The zero-order valence-corrected chi connectivity index (χ0v) is 12.7. The summed E-state index contributed by atoms with van der Waals surface area (Å²) in [6.45, 7) is 3.41. The topological polar surface area (TPSA) is 99.2 Å². The first-order chi connectivity index (χ1) is 10.4. The molecule has 0 aliphatic carbocycles. The number of nitrogens with one attached hydrogen (secondary N) is 1. The van der Waals surface area contributed by atoms with Crippen molar-refractivity contribution in [3.63, 3.8) is 0 Å². The molecule has 22 heavy (non-hydrogen) atoms. The highest BCUT2D eigenvalue weighted by Gasteiger charge is 2.17. The third-order valence-corrected chi connectivity index (χ3v) is 3.21. The monoisotopic (exact) mass is 302 g/mol. The second-order valence-electron chi connectivity index (χ2n) is 4.91. The van der Waals surface area contributed by atoms with Crippen LogP contribution in [0.4, 0.5) is 5.69 Å². The first kappa shape index (κ1) is 15.6. The van der Waals surface area contributed by atoms with E-state index < -0.39 is 5.91 Å². The molecule has 2 rings (SSSR count). The number of nitrogens with zero attached hydrogens (tertiary/aromatic N) is 2. The molecule has 3 N–H and O–H groups in total. The number of amides is 2. The molecule has 0 saturated heterocycles. The summed E-state index contributed by atoms with van der Waals surface area (Å²) in [6.07, 6.45) is 0. The van der Waals surface area contributed by atoms with E-state index in [4.69, 9.17) is 10.5 Å². The van der Waals surface area contributed by atoms with Gasteiger partial charge in [0.05, 0.1) is 11.3 Å². The number of aromatic nitrogens is 2. The Morgan fingerprint density at radius 1 is 1.36 bits per heavy atom. The van der Waals surface area contributed by atoms with Crippen LogP contribution in [0, 0.1) is 13.8 Å². The van der Waals surface area contributed by atoms with E-state index in [0.717, 1.165) is 5.69 Å². The van der Waals surface area contributed by atoms with Gasteiger partial charge in [-0.15, -0.1) is 0 Å². The zero-order valence-electron chi connectivity index (χ0n) is 12.7. The van der Waals surface area contributed by atoms with Crippen molar-refractivity contribution < 1.29 is 14.3 Å². The average Bonchev–Trinajstić information content (AvgIpc) is 2.70. The van der Waals surface area contributed by atoms with Crippen LogP contribution in [0.2, 0.25) is 0 Å². The third-order valence-electron chi connectivity index (χ3n) is 3.21. The van der Waals surface area contributed by atoms with Gasteiger partial charge in [0.15, 0.2) is 6.61 Å². The minimum atomic E-state index is -0.559. The minimum Gasteiger partial charge on any atom is -0.484 e. The maximum Gasteiger partial charge on any atom is 0.259 e. The number of nitrogens with two attached hydrogens (primary N) is 1. The Labute approximate surface area is 128 Å². The number of anilines is 1. The maximum atomic E-state index is 12.4. The van der Waals surface area contributed by atoms with Gasteiger partial charge in [-0.05, 0) is 26.0 Å². The predicted octanol–water partition coefficient (Wildman–Crippen LogP) is 1.15. The molecule has 1 aromatic heterocycles. The van der Waals surface area contributed by atoms with E-state index in [-0.39, 0.29) is 12.5 Å². The van der Waals surface area contributed by atoms with Crippen molar-refractivity contribution in [3.8, 4) is 5.75 Å². The van der Waals surface area contributed by atoms with Crippen molar-refractivity contribution in [1.29, 1.82) is 0 Å². The van der Waals surface area contributed by atoms with E-state index in [0.29, 0.717) is 22.7 Å². The van der Waals surface area contributed by atoms with Gasteiger partial charge in [0.25, 0.3) is 11.8 Å². The quantitative estimate of drug-likeness (QED) is 0.865. The van der Waals surface area contributed by atoms with Crippen LogP contribution in [0.25, 0.3) is 0 Å². The summed E-state index contributed by atoms with van der Waals surface area (Å²) in [7, 11) is 1.79. The Hall–Kier alpha value is -2.83. The van der Waals surface area contributed by atoms with Gasteiger partial charge in [-0.2, -0.15) is 5.10 Å². The number of rotatable bonds is 5. The lowest BCUT2D eigenvalue weighted by Crippen LogP contribution is -2.20. The minimum absolute atomic E-state index is 0.210. The van der Waals surface area contributed by atoms with Crippen molar-refractivity contribution in [2.75, 3.05) is 11.9 Å². The number of aryl methyl sites for hydroxylation is 2. The Balaban J connectivity index is 2.15. The van der Waals surface area contributed by atoms with Crippen LogP contribution in [-0.2, 0) is 11.8 Å². The average molecular weight is 302 g/mol. The number of carbonyl (C=O) groups is 2. The molecule has 1 heterocycles. The van der Waals surface area contributed by atoms with Crippen LogP contribution in [0.5, 0.6) is 5.75 Å². The second kappa shape index (κ2) is 6.30. The molecule has 2 aromatic rings. The fourth-order valence-electron chi connectivity index (χ4n) is 2.11. The van der Waals surface area contributed by atoms with Gasteiger partial charge in [0, 0.05) is 24.5 Å². The fourth-order valence-corrected chi connectivity index (χ4v) is 2.11. The molecule has 0 atom stereocenters. The Morgan fingerprint density at radius 2 is 2.09 bits per heavy atom. The van der Waals surface area contributed by atoms with E-state index in [1.807, 2.05) is 6.92 Å². The molecule has 0 fully saturated rings. The van der Waals surface area contributed by atoms with Crippen molar-refractivity contribution in [3.05, 3.63) is 41.2 Å². The highest BCUT2D eigenvalue weighted by Crippen LogP contribution is 2.19. The summed E-state index contributed by atoms with van der Waals surface area (Å²) in [5, 5.41) is 7.01. The fraction of sp³-hybridized carbons (Fsp3) is 0.267. The Bertz CT molecular complexity index is 722. The summed E-state index contributed by atoms with van der Waals surface area (Å²) < 4.78 is 6.87. The van der Waals surface area contributed by atoms with E-state index in [2.05, 4.69) is 10.4 Å². The smallest absolute Gasteiger partial charge is 0.259 e. The molecule has 0 spiro atoms. The van der Waals surface area contributed by atoms with Crippen LogP contribution in [0.3, 0.4) is 0 Å². The van der Waals surface area contributed by atoms with Crippen LogP contribution in [0.15, 0.2) is 24.3 Å². The second-order valence-corrected chi connectivity index (χ2v) is 4.91. The van der Waals surface area contributed by atoms with E-state index in [1.165, 1.54) is 0 Å². The number of benzene rings is 1. The number of hydrogen-bond donors (Lipinski definition) is 2. The molecule has 0 saturated carbocycles. The number of carbonyl (C=O) groups excluding carboxylic acids is 2. The van der Waals surface area contributed by atoms with Gasteiger partial charge in [-0.25, -0.2) is 0 Å². The summed E-state index contributed by atoms with van der Waals surface area (Å²) in [6, 6.07) is 6.76. The van der Waals surface area contributed by atoms with Gasteiger partial charge in [-0.1, -0.05) is 6.07 Å². The first-order valence-corrected chi connectivity index (χ1v) is 6.71. The molecule has 0 aliphatic heterocycles. The molecule has 1 aromatic carbocycles. The van der Waals surface area contributed by atoms with Crippen molar-refractivity contribution >= 4 is 17.5 Å². The van der Waals surface area contributed by atoms with Crippen LogP contribution < -0.4 is 15.8 Å².